The van der Waals surface area contributed by atoms with Gasteiger partial charge in [0, 0.05) is 5.92 Å². The van der Waals surface area contributed by atoms with Crippen LogP contribution in [0.1, 0.15) is 44.4 Å². The molecule has 118 valence electrons. The van der Waals surface area contributed by atoms with E-state index in [1.807, 2.05) is 48.2 Å². The largest absolute Gasteiger partial charge is 0.304 e. The zero-order valence-electron chi connectivity index (χ0n) is 14.0. The standard InChI is InChI=1S/C21H23NO/c1-15-14-16(2)21(23)22(17(3)18-10-6-4-7-11-18)20(15)19-12-8-5-9-13-19/h4-13,16-17H,14H2,1-3H3/t16?,17-/m0/s1. The molecule has 0 N–H and O–H groups in total. The summed E-state index contributed by atoms with van der Waals surface area (Å²) in [5, 5.41) is 0. The normalized spacial score (nSPS) is 19.9. The van der Waals surface area contributed by atoms with Gasteiger partial charge in [0.25, 0.3) is 0 Å². The molecule has 0 saturated carbocycles. The molecule has 0 aromatic heterocycles. The van der Waals surface area contributed by atoms with Crippen LogP contribution in [-0.4, -0.2) is 10.8 Å². The molecule has 0 saturated heterocycles. The Balaban J connectivity index is 2.10. The Hall–Kier alpha value is -2.35. The highest BCUT2D eigenvalue weighted by molar-refractivity contribution is 5.92. The molecule has 2 nitrogen and oxygen atoms in total. The van der Waals surface area contributed by atoms with Crippen molar-refractivity contribution < 1.29 is 4.79 Å². The fourth-order valence-corrected chi connectivity index (χ4v) is 3.44. The highest BCUT2D eigenvalue weighted by Crippen LogP contribution is 2.39. The minimum atomic E-state index is 0.0246. The molecule has 2 aromatic carbocycles. The summed E-state index contributed by atoms with van der Waals surface area (Å²) < 4.78 is 0. The quantitative estimate of drug-likeness (QED) is 0.777. The Morgan fingerprint density at radius 3 is 2.17 bits per heavy atom. The zero-order valence-corrected chi connectivity index (χ0v) is 14.0. The molecule has 1 aliphatic heterocycles. The summed E-state index contributed by atoms with van der Waals surface area (Å²) in [6.45, 7) is 6.29. The number of carbonyl (C=O) groups excluding carboxylic acids is 1. The predicted molar refractivity (Wildman–Crippen MR) is 94.5 cm³/mol. The van der Waals surface area contributed by atoms with Gasteiger partial charge < -0.3 is 4.90 Å². The van der Waals surface area contributed by atoms with Crippen molar-refractivity contribution >= 4 is 11.6 Å². The molecule has 1 aliphatic rings. The Kier molecular flexibility index (Phi) is 4.33. The van der Waals surface area contributed by atoms with Crippen molar-refractivity contribution in [2.75, 3.05) is 0 Å². The average molecular weight is 305 g/mol. The van der Waals surface area contributed by atoms with Crippen LogP contribution in [0.25, 0.3) is 5.70 Å². The van der Waals surface area contributed by atoms with E-state index < -0.39 is 0 Å². The van der Waals surface area contributed by atoms with Crippen LogP contribution in [0.4, 0.5) is 0 Å². The van der Waals surface area contributed by atoms with Crippen LogP contribution in [0, 0.1) is 5.92 Å². The van der Waals surface area contributed by atoms with Crippen molar-refractivity contribution in [2.24, 2.45) is 5.92 Å². The van der Waals surface area contributed by atoms with Gasteiger partial charge in [-0.25, -0.2) is 0 Å². The Morgan fingerprint density at radius 1 is 1.00 bits per heavy atom. The van der Waals surface area contributed by atoms with Crippen LogP contribution in [0.15, 0.2) is 66.2 Å². The van der Waals surface area contributed by atoms with E-state index in [1.165, 1.54) is 5.57 Å². The maximum Gasteiger partial charge on any atom is 0.230 e. The summed E-state index contributed by atoms with van der Waals surface area (Å²) in [6.07, 6.45) is 0.834. The zero-order chi connectivity index (χ0) is 16.4. The summed E-state index contributed by atoms with van der Waals surface area (Å²) in [5.74, 6) is 0.249. The van der Waals surface area contributed by atoms with Crippen molar-refractivity contribution in [1.29, 1.82) is 0 Å². The Labute approximate surface area is 138 Å². The molecule has 0 radical (unpaired) electrons. The van der Waals surface area contributed by atoms with E-state index in [1.54, 1.807) is 0 Å². The molecule has 0 spiro atoms. The molecule has 2 aromatic rings. The third-order valence-corrected chi connectivity index (χ3v) is 4.63. The number of allylic oxidation sites excluding steroid dienone is 1. The van der Waals surface area contributed by atoms with E-state index in [0.717, 1.165) is 23.2 Å². The van der Waals surface area contributed by atoms with Gasteiger partial charge in [0.15, 0.2) is 0 Å². The topological polar surface area (TPSA) is 20.3 Å². The van der Waals surface area contributed by atoms with Crippen LogP contribution in [0.2, 0.25) is 0 Å². The highest BCUT2D eigenvalue weighted by atomic mass is 16.2. The van der Waals surface area contributed by atoms with Gasteiger partial charge in [-0.1, -0.05) is 67.6 Å². The number of benzene rings is 2. The van der Waals surface area contributed by atoms with Crippen molar-refractivity contribution in [3.05, 3.63) is 77.4 Å². The third-order valence-electron chi connectivity index (χ3n) is 4.63. The van der Waals surface area contributed by atoms with Crippen LogP contribution >= 0.6 is 0 Å². The van der Waals surface area contributed by atoms with Gasteiger partial charge >= 0.3 is 0 Å². The van der Waals surface area contributed by atoms with E-state index in [9.17, 15) is 4.79 Å². The molecular formula is C21H23NO. The number of carbonyl (C=O) groups is 1. The number of nitrogens with zero attached hydrogens (tertiary/aromatic N) is 1. The third kappa shape index (κ3) is 2.94. The molecule has 0 aliphatic carbocycles. The summed E-state index contributed by atoms with van der Waals surface area (Å²) >= 11 is 0. The van der Waals surface area contributed by atoms with Crippen molar-refractivity contribution in [2.45, 2.75) is 33.2 Å². The first-order valence-electron chi connectivity index (χ1n) is 8.22. The number of hydrogen-bond acceptors (Lipinski definition) is 1. The lowest BCUT2D eigenvalue weighted by Gasteiger charge is -2.39. The number of hydrogen-bond donors (Lipinski definition) is 0. The maximum absolute atomic E-state index is 13.0. The molecule has 1 amide bonds. The van der Waals surface area contributed by atoms with Crippen LogP contribution in [0.3, 0.4) is 0 Å². The lowest BCUT2D eigenvalue weighted by atomic mass is 9.89. The van der Waals surface area contributed by atoms with E-state index in [4.69, 9.17) is 0 Å². The minimum Gasteiger partial charge on any atom is -0.304 e. The second-order valence-corrected chi connectivity index (χ2v) is 6.40. The lowest BCUT2D eigenvalue weighted by molar-refractivity contribution is -0.134. The van der Waals surface area contributed by atoms with Gasteiger partial charge in [0.1, 0.15) is 0 Å². The Bertz CT molecular complexity index is 718. The second kappa shape index (κ2) is 6.41. The first kappa shape index (κ1) is 15.5. The van der Waals surface area contributed by atoms with Crippen LogP contribution in [0.5, 0.6) is 0 Å². The van der Waals surface area contributed by atoms with Crippen molar-refractivity contribution in [3.8, 4) is 0 Å². The minimum absolute atomic E-state index is 0.0246. The van der Waals surface area contributed by atoms with Crippen molar-refractivity contribution in [1.82, 2.24) is 4.90 Å². The molecule has 1 unspecified atom stereocenters. The molecule has 0 fully saturated rings. The van der Waals surface area contributed by atoms with Gasteiger partial charge in [0.2, 0.25) is 5.91 Å². The average Bonchev–Trinajstić information content (AvgIpc) is 2.59. The van der Waals surface area contributed by atoms with Gasteiger partial charge in [0.05, 0.1) is 11.7 Å². The van der Waals surface area contributed by atoms with Crippen LogP contribution in [-0.2, 0) is 4.79 Å². The first-order valence-corrected chi connectivity index (χ1v) is 8.22. The van der Waals surface area contributed by atoms with Crippen LogP contribution < -0.4 is 0 Å². The van der Waals surface area contributed by atoms with Crippen molar-refractivity contribution in [3.63, 3.8) is 0 Å². The van der Waals surface area contributed by atoms with Gasteiger partial charge in [-0.05, 0) is 37.0 Å². The van der Waals surface area contributed by atoms with Gasteiger partial charge in [-0.3, -0.25) is 4.79 Å². The molecule has 1 heterocycles. The monoisotopic (exact) mass is 305 g/mol. The predicted octanol–water partition coefficient (Wildman–Crippen LogP) is 5.05. The second-order valence-electron chi connectivity index (χ2n) is 6.40. The molecule has 2 heteroatoms. The van der Waals surface area contributed by atoms with E-state index >= 15 is 0 Å². The fourth-order valence-electron chi connectivity index (χ4n) is 3.44. The number of rotatable bonds is 3. The summed E-state index contributed by atoms with van der Waals surface area (Å²) in [6, 6.07) is 20.5. The summed E-state index contributed by atoms with van der Waals surface area (Å²) in [7, 11) is 0. The molecule has 23 heavy (non-hydrogen) atoms. The smallest absolute Gasteiger partial charge is 0.230 e. The molecule has 2 atom stereocenters. The highest BCUT2D eigenvalue weighted by Gasteiger charge is 2.34. The Morgan fingerprint density at radius 2 is 1.57 bits per heavy atom. The SMILES string of the molecule is CC1=C(c2ccccc2)N([C@@H](C)c2ccccc2)C(=O)C(C)C1. The van der Waals surface area contributed by atoms with E-state index in [-0.39, 0.29) is 17.9 Å². The molecule has 3 rings (SSSR count). The van der Waals surface area contributed by atoms with Gasteiger partial charge in [-0.15, -0.1) is 0 Å². The van der Waals surface area contributed by atoms with Gasteiger partial charge in [-0.2, -0.15) is 0 Å². The van der Waals surface area contributed by atoms with E-state index in [0.29, 0.717) is 0 Å². The number of amides is 1. The summed E-state index contributed by atoms with van der Waals surface area (Å²) in [4.78, 5) is 15.0. The molecule has 0 bridgehead atoms. The summed E-state index contributed by atoms with van der Waals surface area (Å²) in [5.41, 5.74) is 4.64. The lowest BCUT2D eigenvalue weighted by Crippen LogP contribution is -2.39. The molecular weight excluding hydrogens is 282 g/mol. The van der Waals surface area contributed by atoms with E-state index in [2.05, 4.69) is 38.1 Å². The maximum atomic E-state index is 13.0. The fraction of sp³-hybridized carbons (Fsp3) is 0.286. The first-order chi connectivity index (χ1) is 11.1.